The topological polar surface area (TPSA) is 203 Å². The summed E-state index contributed by atoms with van der Waals surface area (Å²) in [5.41, 5.74) is 10.3. The van der Waals surface area contributed by atoms with Crippen molar-refractivity contribution in [2.75, 3.05) is 0 Å². The van der Waals surface area contributed by atoms with Crippen LogP contribution in [0.15, 0.2) is 24.3 Å². The molecule has 0 fully saturated rings. The molecular weight excluding hydrogens is 675 g/mol. The summed E-state index contributed by atoms with van der Waals surface area (Å²) in [5.74, 6) is -3.82. The Kier molecular flexibility index (Phi) is 11.3. The van der Waals surface area contributed by atoms with Crippen molar-refractivity contribution in [2.45, 2.75) is 79.1 Å². The van der Waals surface area contributed by atoms with E-state index in [1.54, 1.807) is 24.3 Å². The standard InChI is InChI=1S/C36H38N4O8.Co/c1-17-21(5-9-33(41)42)29-14-26-19(3)23(7-11-35(45)46)31(39-26)16-28-20(4)24(8-12-36(47)48)32(40-28)15-27-18(2)22(6-10-34(43)44)30(38-27)13-25(17)37-29;/h13-16H,5-12H2,1-4H3,(H6,37,38,39,40,41,42,43,44,45,46,47,48);/q;+2/p-2. The average Bonchev–Trinajstić information content (AvgIpc) is 3.66. The fourth-order valence-electron chi connectivity index (χ4n) is 6.26. The van der Waals surface area contributed by atoms with E-state index >= 15 is 0 Å². The quantitative estimate of drug-likeness (QED) is 0.176. The second-order valence-electron chi connectivity index (χ2n) is 12.1. The Labute approximate surface area is 292 Å². The predicted molar refractivity (Wildman–Crippen MR) is 179 cm³/mol. The Hall–Kier alpha value is -5.01. The second kappa shape index (κ2) is 15.0. The normalized spacial score (nSPS) is 12.7. The predicted octanol–water partition coefficient (Wildman–Crippen LogP) is 5.81. The molecule has 0 unspecified atom stereocenters. The molecule has 0 saturated carbocycles. The Balaban J connectivity index is 0.00000541. The van der Waals surface area contributed by atoms with Crippen LogP contribution in [-0.2, 0) is 48.8 Å². The van der Waals surface area contributed by atoms with Crippen molar-refractivity contribution in [3.8, 4) is 0 Å². The fraction of sp³-hybridized carbons (Fsp3) is 0.333. The maximum atomic E-state index is 11.6. The van der Waals surface area contributed by atoms with Crippen molar-refractivity contribution in [3.05, 3.63) is 69.3 Å². The first-order chi connectivity index (χ1) is 22.7. The van der Waals surface area contributed by atoms with Gasteiger partial charge in [-0.3, -0.25) is 19.2 Å². The largest absolute Gasteiger partial charge is 2.00 e. The molecule has 0 aliphatic carbocycles. The van der Waals surface area contributed by atoms with E-state index in [-0.39, 0.29) is 68.1 Å². The fourth-order valence-corrected chi connectivity index (χ4v) is 6.26. The minimum Gasteiger partial charge on any atom is -0.657 e. The molecule has 5 heterocycles. The molecule has 2 aliphatic rings. The van der Waals surface area contributed by atoms with E-state index in [4.69, 9.17) is 19.9 Å². The zero-order valence-electron chi connectivity index (χ0n) is 27.5. The molecule has 12 nitrogen and oxygen atoms in total. The Morgan fingerprint density at radius 3 is 1.14 bits per heavy atom. The Morgan fingerprint density at radius 1 is 0.510 bits per heavy atom. The van der Waals surface area contributed by atoms with E-state index < -0.39 is 23.9 Å². The van der Waals surface area contributed by atoms with Crippen molar-refractivity contribution in [2.24, 2.45) is 0 Å². The van der Waals surface area contributed by atoms with E-state index in [2.05, 4.69) is 0 Å². The number of aliphatic carboxylic acids is 4. The number of carboxylic acid groups (broad SMARTS) is 4. The number of hydrogen-bond donors (Lipinski definition) is 4. The van der Waals surface area contributed by atoms with Gasteiger partial charge < -0.3 is 30.4 Å². The second-order valence-corrected chi connectivity index (χ2v) is 12.1. The van der Waals surface area contributed by atoms with E-state index in [1.165, 1.54) is 0 Å². The van der Waals surface area contributed by atoms with Crippen LogP contribution in [0.1, 0.15) is 97.4 Å². The number of fused-ring (bicyclic) bond motifs is 8. The third kappa shape index (κ3) is 8.00. The summed E-state index contributed by atoms with van der Waals surface area (Å²) in [4.78, 5) is 65.9. The number of aromatic nitrogens is 4. The Bertz CT molecular complexity index is 1960. The minimum absolute atomic E-state index is 0. The molecule has 13 heteroatoms. The minimum atomic E-state index is -0.954. The van der Waals surface area contributed by atoms with E-state index in [9.17, 15) is 39.6 Å². The molecule has 4 N–H and O–H groups in total. The molecule has 0 amide bonds. The van der Waals surface area contributed by atoms with Crippen LogP contribution in [0, 0.1) is 13.8 Å². The van der Waals surface area contributed by atoms with Crippen molar-refractivity contribution >= 4 is 68.2 Å². The summed E-state index contributed by atoms with van der Waals surface area (Å²) >= 11 is 0. The number of aryl methyl sites for hydroxylation is 4. The van der Waals surface area contributed by atoms with Crippen LogP contribution in [0.4, 0.5) is 0 Å². The van der Waals surface area contributed by atoms with Gasteiger partial charge in [-0.05, 0) is 75.7 Å². The van der Waals surface area contributed by atoms with Gasteiger partial charge in [-0.1, -0.05) is 46.5 Å². The van der Waals surface area contributed by atoms with Crippen molar-refractivity contribution < 1.29 is 56.4 Å². The first-order valence-electron chi connectivity index (χ1n) is 15.6. The maximum Gasteiger partial charge on any atom is 2.00 e. The van der Waals surface area contributed by atoms with Crippen LogP contribution in [0.5, 0.6) is 0 Å². The van der Waals surface area contributed by atoms with Gasteiger partial charge >= 0.3 is 40.7 Å². The molecule has 1 radical (unpaired) electrons. The van der Waals surface area contributed by atoms with Crippen LogP contribution < -0.4 is 9.97 Å². The van der Waals surface area contributed by atoms with Gasteiger partial charge in [0.25, 0.3) is 0 Å². The van der Waals surface area contributed by atoms with E-state index in [1.807, 2.05) is 27.7 Å². The van der Waals surface area contributed by atoms with Gasteiger partial charge in [0.2, 0.25) is 0 Å². The van der Waals surface area contributed by atoms with Crippen molar-refractivity contribution in [1.29, 1.82) is 0 Å². The van der Waals surface area contributed by atoms with Crippen LogP contribution in [0.25, 0.3) is 44.4 Å². The molecule has 2 aliphatic heterocycles. The first-order valence-corrected chi connectivity index (χ1v) is 15.6. The molecular formula is C36H36CoN4O8. The third-order valence-electron chi connectivity index (χ3n) is 9.00. The summed E-state index contributed by atoms with van der Waals surface area (Å²) in [6.07, 6.45) is 0.401. The molecule has 5 rings (SSSR count). The van der Waals surface area contributed by atoms with Crippen LogP contribution in [0.2, 0.25) is 0 Å². The summed E-state index contributed by atoms with van der Waals surface area (Å²) in [6, 6.07) is 7.14. The zero-order chi connectivity index (χ0) is 34.9. The number of nitrogens with zero attached hydrogens (tertiary/aromatic N) is 4. The average molecular weight is 712 g/mol. The number of hydrogen-bond acceptors (Lipinski definition) is 6. The molecule has 8 bridgehead atoms. The SMILES string of the molecule is CC1=C(CCC(=O)O)c2cc3[n-]c(cc4nc(cc5[n-]c(cc1n2)c(CCC(=O)O)c5C)C(CCC(=O)O)=C4C)c(CCC(=O)O)c3C.[Co+2]. The number of carboxylic acids is 4. The molecule has 0 saturated heterocycles. The van der Waals surface area contributed by atoms with Crippen LogP contribution in [0.3, 0.4) is 0 Å². The molecule has 0 spiro atoms. The van der Waals surface area contributed by atoms with Gasteiger partial charge in [0, 0.05) is 25.7 Å². The maximum absolute atomic E-state index is 11.6. The first kappa shape index (κ1) is 36.8. The molecule has 3 aromatic rings. The number of carbonyl (C=O) groups is 4. The number of rotatable bonds is 12. The van der Waals surface area contributed by atoms with Gasteiger partial charge in [0.1, 0.15) is 0 Å². The molecule has 0 aromatic carbocycles. The van der Waals surface area contributed by atoms with Crippen LogP contribution >= 0.6 is 0 Å². The smallest absolute Gasteiger partial charge is 0.657 e. The summed E-state index contributed by atoms with van der Waals surface area (Å²) in [7, 11) is 0. The summed E-state index contributed by atoms with van der Waals surface area (Å²) < 4.78 is 0. The van der Waals surface area contributed by atoms with Gasteiger partial charge in [0.05, 0.1) is 22.8 Å². The van der Waals surface area contributed by atoms with Crippen molar-refractivity contribution in [1.82, 2.24) is 19.9 Å². The van der Waals surface area contributed by atoms with E-state index in [0.717, 1.165) is 44.5 Å². The van der Waals surface area contributed by atoms with Crippen molar-refractivity contribution in [3.63, 3.8) is 0 Å². The molecule has 257 valence electrons. The van der Waals surface area contributed by atoms with E-state index in [0.29, 0.717) is 44.8 Å². The summed E-state index contributed by atoms with van der Waals surface area (Å²) in [5, 5.41) is 37.9. The molecule has 3 aromatic heterocycles. The van der Waals surface area contributed by atoms with Gasteiger partial charge in [-0.15, -0.1) is 22.1 Å². The summed E-state index contributed by atoms with van der Waals surface area (Å²) in [6.45, 7) is 7.43. The third-order valence-corrected chi connectivity index (χ3v) is 9.00. The van der Waals surface area contributed by atoms with Gasteiger partial charge in [0.15, 0.2) is 0 Å². The number of allylic oxidation sites excluding steroid dienone is 4. The molecule has 49 heavy (non-hydrogen) atoms. The van der Waals surface area contributed by atoms with Crippen LogP contribution in [-0.4, -0.2) is 54.3 Å². The monoisotopic (exact) mass is 711 g/mol. The van der Waals surface area contributed by atoms with Gasteiger partial charge in [-0.2, -0.15) is 0 Å². The zero-order valence-corrected chi connectivity index (χ0v) is 28.6. The Morgan fingerprint density at radius 2 is 0.816 bits per heavy atom. The molecule has 0 atom stereocenters. The van der Waals surface area contributed by atoms with Gasteiger partial charge in [-0.25, -0.2) is 9.97 Å².